The molecule has 0 saturated heterocycles. The molecule has 1 aliphatic carbocycles. The zero-order valence-corrected chi connectivity index (χ0v) is 13.6. The third kappa shape index (κ3) is 3.97. The Kier molecular flexibility index (Phi) is 6.06. The Labute approximate surface area is 129 Å². The summed E-state index contributed by atoms with van der Waals surface area (Å²) < 4.78 is 0. The van der Waals surface area contributed by atoms with E-state index in [0.717, 1.165) is 18.4 Å². The first-order valence-electron chi connectivity index (χ1n) is 7.43. The average Bonchev–Trinajstić information content (AvgIpc) is 2.90. The van der Waals surface area contributed by atoms with E-state index in [4.69, 9.17) is 5.73 Å². The summed E-state index contributed by atoms with van der Waals surface area (Å²) in [6, 6.07) is 8.16. The van der Waals surface area contributed by atoms with E-state index in [0.29, 0.717) is 5.92 Å². The van der Waals surface area contributed by atoms with Crippen molar-refractivity contribution < 1.29 is 5.11 Å². The lowest BCUT2D eigenvalue weighted by molar-refractivity contribution is 0.0845. The maximum Gasteiger partial charge on any atom is 0.0760 e. The van der Waals surface area contributed by atoms with Gasteiger partial charge in [-0.1, -0.05) is 57.9 Å². The normalized spacial score (nSPS) is 19.4. The SMILES string of the molecule is CC(C)(C)c1ccc([C@@H](N)[C@@H](O)C2CCCC2)cc1.Cl. The summed E-state index contributed by atoms with van der Waals surface area (Å²) in [4.78, 5) is 0. The third-order valence-corrected chi connectivity index (χ3v) is 4.41. The second-order valence-electron chi connectivity index (χ2n) is 6.93. The van der Waals surface area contributed by atoms with Crippen LogP contribution in [0.15, 0.2) is 24.3 Å². The van der Waals surface area contributed by atoms with Gasteiger partial charge in [0, 0.05) is 0 Å². The molecule has 0 radical (unpaired) electrons. The number of aliphatic hydroxyl groups is 1. The highest BCUT2D eigenvalue weighted by atomic mass is 35.5. The standard InChI is InChI=1S/C17H27NO.ClH/c1-17(2,3)14-10-8-12(9-11-14)15(18)16(19)13-6-4-5-7-13;/h8-11,13,15-16,19H,4-7,18H2,1-3H3;1H/t15-,16+;/m1./s1. The Balaban J connectivity index is 0.00000200. The quantitative estimate of drug-likeness (QED) is 0.887. The molecule has 20 heavy (non-hydrogen) atoms. The minimum absolute atomic E-state index is 0. The van der Waals surface area contributed by atoms with Crippen LogP contribution in [0.2, 0.25) is 0 Å². The van der Waals surface area contributed by atoms with Crippen LogP contribution in [0.4, 0.5) is 0 Å². The molecule has 3 N–H and O–H groups in total. The van der Waals surface area contributed by atoms with E-state index >= 15 is 0 Å². The largest absolute Gasteiger partial charge is 0.391 e. The zero-order chi connectivity index (χ0) is 14.0. The molecule has 0 aromatic heterocycles. The first-order valence-corrected chi connectivity index (χ1v) is 7.43. The van der Waals surface area contributed by atoms with Crippen LogP contribution in [-0.2, 0) is 5.41 Å². The van der Waals surface area contributed by atoms with Gasteiger partial charge in [0.1, 0.15) is 0 Å². The van der Waals surface area contributed by atoms with E-state index in [1.807, 2.05) is 0 Å². The van der Waals surface area contributed by atoms with Crippen LogP contribution in [0.1, 0.15) is 63.6 Å². The van der Waals surface area contributed by atoms with Gasteiger partial charge in [0.2, 0.25) is 0 Å². The van der Waals surface area contributed by atoms with E-state index in [2.05, 4.69) is 45.0 Å². The molecule has 2 rings (SSSR count). The van der Waals surface area contributed by atoms with E-state index in [-0.39, 0.29) is 23.9 Å². The van der Waals surface area contributed by atoms with Crippen LogP contribution < -0.4 is 5.73 Å². The monoisotopic (exact) mass is 297 g/mol. The smallest absolute Gasteiger partial charge is 0.0760 e. The Morgan fingerprint density at radius 2 is 1.60 bits per heavy atom. The number of halogens is 1. The van der Waals surface area contributed by atoms with Gasteiger partial charge in [0.15, 0.2) is 0 Å². The van der Waals surface area contributed by atoms with E-state index in [1.165, 1.54) is 18.4 Å². The van der Waals surface area contributed by atoms with E-state index in [1.54, 1.807) is 0 Å². The maximum atomic E-state index is 10.4. The van der Waals surface area contributed by atoms with Crippen molar-refractivity contribution in [2.75, 3.05) is 0 Å². The lowest BCUT2D eigenvalue weighted by Gasteiger charge is -2.25. The Bertz CT molecular complexity index is 404. The fourth-order valence-electron chi connectivity index (χ4n) is 2.99. The predicted octanol–water partition coefficient (Wildman–Crippen LogP) is 3.96. The maximum absolute atomic E-state index is 10.4. The van der Waals surface area contributed by atoms with E-state index < -0.39 is 6.10 Å². The van der Waals surface area contributed by atoms with Gasteiger partial charge in [0.25, 0.3) is 0 Å². The van der Waals surface area contributed by atoms with Crippen LogP contribution in [0.5, 0.6) is 0 Å². The summed E-state index contributed by atoms with van der Waals surface area (Å²) in [7, 11) is 0. The highest BCUT2D eigenvalue weighted by molar-refractivity contribution is 5.85. The summed E-state index contributed by atoms with van der Waals surface area (Å²) in [5.74, 6) is 0.386. The molecule has 0 spiro atoms. The van der Waals surface area contributed by atoms with Crippen LogP contribution in [0, 0.1) is 5.92 Å². The van der Waals surface area contributed by atoms with Crippen molar-refractivity contribution in [1.29, 1.82) is 0 Å². The van der Waals surface area contributed by atoms with E-state index in [9.17, 15) is 5.11 Å². The first kappa shape index (κ1) is 17.5. The number of nitrogens with two attached hydrogens (primary N) is 1. The van der Waals surface area contributed by atoms with Crippen molar-refractivity contribution in [2.45, 2.75) is 64.0 Å². The first-order chi connectivity index (χ1) is 8.89. The number of benzene rings is 1. The van der Waals surface area contributed by atoms with Crippen molar-refractivity contribution in [3.63, 3.8) is 0 Å². The van der Waals surface area contributed by atoms with Crippen LogP contribution in [0.3, 0.4) is 0 Å². The molecule has 0 unspecified atom stereocenters. The highest BCUT2D eigenvalue weighted by Crippen LogP contribution is 2.33. The summed E-state index contributed by atoms with van der Waals surface area (Å²) in [5, 5.41) is 10.4. The van der Waals surface area contributed by atoms with Gasteiger partial charge in [-0.15, -0.1) is 12.4 Å². The molecule has 1 aromatic carbocycles. The van der Waals surface area contributed by atoms with Crippen molar-refractivity contribution in [3.05, 3.63) is 35.4 Å². The molecule has 114 valence electrons. The molecule has 1 saturated carbocycles. The molecule has 3 heteroatoms. The van der Waals surface area contributed by atoms with Crippen molar-refractivity contribution >= 4 is 12.4 Å². The predicted molar refractivity (Wildman–Crippen MR) is 87.3 cm³/mol. The van der Waals surface area contributed by atoms with Crippen molar-refractivity contribution in [1.82, 2.24) is 0 Å². The van der Waals surface area contributed by atoms with Crippen LogP contribution in [-0.4, -0.2) is 11.2 Å². The lowest BCUT2D eigenvalue weighted by atomic mass is 9.85. The van der Waals surface area contributed by atoms with Gasteiger partial charge in [0.05, 0.1) is 12.1 Å². The van der Waals surface area contributed by atoms with Crippen LogP contribution in [0.25, 0.3) is 0 Å². The Hall–Kier alpha value is -0.570. The van der Waals surface area contributed by atoms with Crippen LogP contribution >= 0.6 is 12.4 Å². The Morgan fingerprint density at radius 1 is 1.10 bits per heavy atom. The zero-order valence-electron chi connectivity index (χ0n) is 12.8. The second kappa shape index (κ2) is 6.93. The topological polar surface area (TPSA) is 46.2 Å². The summed E-state index contributed by atoms with van der Waals surface area (Å²) >= 11 is 0. The molecule has 1 aromatic rings. The molecule has 1 aliphatic rings. The summed E-state index contributed by atoms with van der Waals surface area (Å²) in [6.07, 6.45) is 4.31. The van der Waals surface area contributed by atoms with Gasteiger partial charge in [-0.05, 0) is 35.3 Å². The molecule has 2 atom stereocenters. The Morgan fingerprint density at radius 3 is 2.05 bits per heavy atom. The second-order valence-corrected chi connectivity index (χ2v) is 6.93. The summed E-state index contributed by atoms with van der Waals surface area (Å²) in [6.45, 7) is 6.61. The molecule has 2 nitrogen and oxygen atoms in total. The third-order valence-electron chi connectivity index (χ3n) is 4.41. The molecule has 0 aliphatic heterocycles. The van der Waals surface area contributed by atoms with Gasteiger partial charge >= 0.3 is 0 Å². The van der Waals surface area contributed by atoms with Crippen molar-refractivity contribution in [2.24, 2.45) is 11.7 Å². The van der Waals surface area contributed by atoms with Crippen molar-refractivity contribution in [3.8, 4) is 0 Å². The van der Waals surface area contributed by atoms with Gasteiger partial charge in [-0.3, -0.25) is 0 Å². The minimum Gasteiger partial charge on any atom is -0.391 e. The molecule has 0 heterocycles. The summed E-state index contributed by atoms with van der Waals surface area (Å²) in [5.41, 5.74) is 8.74. The highest BCUT2D eigenvalue weighted by Gasteiger charge is 2.28. The molecule has 1 fully saturated rings. The molecular formula is C17H28ClNO. The average molecular weight is 298 g/mol. The molecule has 0 amide bonds. The number of hydrogen-bond acceptors (Lipinski definition) is 2. The number of rotatable bonds is 3. The number of aliphatic hydroxyl groups excluding tert-OH is 1. The fraction of sp³-hybridized carbons (Fsp3) is 0.647. The minimum atomic E-state index is -0.400. The van der Waals surface area contributed by atoms with Gasteiger partial charge in [-0.2, -0.15) is 0 Å². The number of hydrogen-bond donors (Lipinski definition) is 2. The van der Waals surface area contributed by atoms with Gasteiger partial charge < -0.3 is 10.8 Å². The van der Waals surface area contributed by atoms with Gasteiger partial charge in [-0.25, -0.2) is 0 Å². The molecule has 0 bridgehead atoms. The fourth-order valence-corrected chi connectivity index (χ4v) is 2.99. The molecular weight excluding hydrogens is 270 g/mol. The lowest BCUT2D eigenvalue weighted by Crippen LogP contribution is -2.32.